The Morgan fingerprint density at radius 2 is 2.09 bits per heavy atom. The van der Waals surface area contributed by atoms with E-state index in [2.05, 4.69) is 9.97 Å². The van der Waals surface area contributed by atoms with Crippen LogP contribution in [0.15, 0.2) is 18.6 Å². The highest BCUT2D eigenvalue weighted by Crippen LogP contribution is 2.17. The Kier molecular flexibility index (Phi) is 4.50. The fourth-order valence-corrected chi connectivity index (χ4v) is 2.81. The third kappa shape index (κ3) is 3.64. The van der Waals surface area contributed by atoms with E-state index in [4.69, 9.17) is 4.74 Å². The van der Waals surface area contributed by atoms with Gasteiger partial charge in [-0.3, -0.25) is 19.3 Å². The van der Waals surface area contributed by atoms with Crippen molar-refractivity contribution in [1.29, 1.82) is 0 Å². The van der Waals surface area contributed by atoms with Crippen molar-refractivity contribution < 1.29 is 19.1 Å². The fourth-order valence-electron chi connectivity index (χ4n) is 2.81. The van der Waals surface area contributed by atoms with Crippen LogP contribution in [0, 0.1) is 0 Å². The van der Waals surface area contributed by atoms with E-state index in [1.807, 2.05) is 0 Å². The third-order valence-corrected chi connectivity index (χ3v) is 4.02. The molecule has 3 amide bonds. The molecule has 0 radical (unpaired) electrons. The molecule has 2 aliphatic heterocycles. The molecule has 2 saturated heterocycles. The molecular formula is C15H18N4O4. The van der Waals surface area contributed by atoms with Crippen LogP contribution in [0.5, 0.6) is 5.88 Å². The largest absolute Gasteiger partial charge is 0.472 e. The van der Waals surface area contributed by atoms with Crippen molar-refractivity contribution in [3.05, 3.63) is 18.6 Å². The summed E-state index contributed by atoms with van der Waals surface area (Å²) in [7, 11) is 0. The lowest BCUT2D eigenvalue weighted by Gasteiger charge is -2.33. The van der Waals surface area contributed by atoms with Crippen molar-refractivity contribution in [3.63, 3.8) is 0 Å². The van der Waals surface area contributed by atoms with Gasteiger partial charge in [-0.05, 0) is 12.8 Å². The molecule has 1 atom stereocenters. The van der Waals surface area contributed by atoms with E-state index < -0.39 is 0 Å². The summed E-state index contributed by atoms with van der Waals surface area (Å²) >= 11 is 0. The first-order chi connectivity index (χ1) is 11.1. The van der Waals surface area contributed by atoms with Crippen LogP contribution >= 0.6 is 0 Å². The lowest BCUT2D eigenvalue weighted by Crippen LogP contribution is -2.48. The number of rotatable bonds is 4. The van der Waals surface area contributed by atoms with Crippen molar-refractivity contribution in [2.24, 2.45) is 0 Å². The Morgan fingerprint density at radius 3 is 2.78 bits per heavy atom. The minimum atomic E-state index is -0.269. The summed E-state index contributed by atoms with van der Waals surface area (Å²) in [5.74, 6) is -0.280. The van der Waals surface area contributed by atoms with Crippen LogP contribution < -0.4 is 4.74 Å². The monoisotopic (exact) mass is 318 g/mol. The average Bonchev–Trinajstić information content (AvgIpc) is 2.88. The van der Waals surface area contributed by atoms with Crippen molar-refractivity contribution in [2.45, 2.75) is 31.8 Å². The Hall–Kier alpha value is -2.51. The fraction of sp³-hybridized carbons (Fsp3) is 0.533. The Morgan fingerprint density at radius 1 is 1.30 bits per heavy atom. The highest BCUT2D eigenvalue weighted by Gasteiger charge is 2.33. The van der Waals surface area contributed by atoms with E-state index in [0.717, 1.165) is 17.7 Å². The SMILES string of the molecule is O=C(CN1C(=O)CCC1=O)N1CCCC(Oc2ccncn2)C1. The van der Waals surface area contributed by atoms with Gasteiger partial charge >= 0.3 is 0 Å². The number of carbonyl (C=O) groups excluding carboxylic acids is 3. The first-order valence-electron chi connectivity index (χ1n) is 7.67. The summed E-state index contributed by atoms with van der Waals surface area (Å²) in [5.41, 5.74) is 0. The number of aromatic nitrogens is 2. The second kappa shape index (κ2) is 6.72. The van der Waals surface area contributed by atoms with Gasteiger partial charge in [0.15, 0.2) is 0 Å². The summed E-state index contributed by atoms with van der Waals surface area (Å²) in [4.78, 5) is 46.1. The average molecular weight is 318 g/mol. The van der Waals surface area contributed by atoms with Crippen LogP contribution in [0.1, 0.15) is 25.7 Å². The van der Waals surface area contributed by atoms with Gasteiger partial charge in [-0.15, -0.1) is 0 Å². The molecule has 0 saturated carbocycles. The van der Waals surface area contributed by atoms with Crippen molar-refractivity contribution in [1.82, 2.24) is 19.8 Å². The maximum Gasteiger partial charge on any atom is 0.242 e. The predicted molar refractivity (Wildman–Crippen MR) is 78.2 cm³/mol. The van der Waals surface area contributed by atoms with Crippen molar-refractivity contribution in [3.8, 4) is 5.88 Å². The van der Waals surface area contributed by atoms with E-state index in [9.17, 15) is 14.4 Å². The van der Waals surface area contributed by atoms with Gasteiger partial charge in [0.25, 0.3) is 0 Å². The number of likely N-dealkylation sites (tertiary alicyclic amines) is 2. The molecule has 0 aromatic carbocycles. The maximum absolute atomic E-state index is 12.3. The number of amides is 3. The van der Waals surface area contributed by atoms with E-state index in [1.54, 1.807) is 17.2 Å². The molecular weight excluding hydrogens is 300 g/mol. The number of hydrogen-bond acceptors (Lipinski definition) is 6. The summed E-state index contributed by atoms with van der Waals surface area (Å²) in [6.45, 7) is 0.871. The second-order valence-corrected chi connectivity index (χ2v) is 5.64. The molecule has 1 aromatic heterocycles. The normalized spacial score (nSPS) is 21.7. The van der Waals surface area contributed by atoms with E-state index in [-0.39, 0.29) is 43.2 Å². The lowest BCUT2D eigenvalue weighted by molar-refractivity contribution is -0.146. The van der Waals surface area contributed by atoms with Gasteiger partial charge in [0.1, 0.15) is 19.0 Å². The van der Waals surface area contributed by atoms with Crippen LogP contribution in [0.25, 0.3) is 0 Å². The Bertz CT molecular complexity index is 591. The van der Waals surface area contributed by atoms with Gasteiger partial charge in [0.2, 0.25) is 23.6 Å². The third-order valence-electron chi connectivity index (χ3n) is 4.02. The summed E-state index contributed by atoms with van der Waals surface area (Å²) in [6, 6.07) is 1.67. The quantitative estimate of drug-likeness (QED) is 0.725. The first kappa shape index (κ1) is 15.4. The van der Waals surface area contributed by atoms with E-state index in [0.29, 0.717) is 19.0 Å². The molecule has 8 nitrogen and oxygen atoms in total. The van der Waals surface area contributed by atoms with Gasteiger partial charge in [0, 0.05) is 31.6 Å². The smallest absolute Gasteiger partial charge is 0.242 e. The van der Waals surface area contributed by atoms with E-state index in [1.165, 1.54) is 6.33 Å². The lowest BCUT2D eigenvalue weighted by atomic mass is 10.1. The Labute approximate surface area is 133 Å². The molecule has 2 aliphatic rings. The topological polar surface area (TPSA) is 92.7 Å². The Balaban J connectivity index is 1.56. The number of carbonyl (C=O) groups is 3. The zero-order valence-electron chi connectivity index (χ0n) is 12.7. The standard InChI is InChI=1S/C15H18N4O4/c20-13-3-4-14(21)19(13)9-15(22)18-7-1-2-11(8-18)23-12-5-6-16-10-17-12/h5-6,10-11H,1-4,7-9H2. The molecule has 0 bridgehead atoms. The van der Waals surface area contributed by atoms with Crippen LogP contribution in [-0.2, 0) is 14.4 Å². The van der Waals surface area contributed by atoms with Gasteiger partial charge in [-0.2, -0.15) is 0 Å². The number of nitrogens with zero attached hydrogens (tertiary/aromatic N) is 4. The highest BCUT2D eigenvalue weighted by molar-refractivity contribution is 6.04. The van der Waals surface area contributed by atoms with Crippen LogP contribution in [0.2, 0.25) is 0 Å². The number of imide groups is 1. The molecule has 1 aromatic rings. The molecule has 122 valence electrons. The maximum atomic E-state index is 12.3. The van der Waals surface area contributed by atoms with E-state index >= 15 is 0 Å². The summed E-state index contributed by atoms with van der Waals surface area (Å²) in [5, 5.41) is 0. The predicted octanol–water partition coefficient (Wildman–Crippen LogP) is -0.00460. The minimum absolute atomic E-state index is 0.146. The van der Waals surface area contributed by atoms with Gasteiger partial charge < -0.3 is 9.64 Å². The van der Waals surface area contributed by atoms with Crippen LogP contribution in [0.3, 0.4) is 0 Å². The number of hydrogen-bond donors (Lipinski definition) is 0. The molecule has 3 rings (SSSR count). The molecule has 1 unspecified atom stereocenters. The zero-order chi connectivity index (χ0) is 16.2. The molecule has 23 heavy (non-hydrogen) atoms. The summed E-state index contributed by atoms with van der Waals surface area (Å²) in [6.07, 6.45) is 4.90. The van der Waals surface area contributed by atoms with Gasteiger partial charge in [-0.1, -0.05) is 0 Å². The van der Waals surface area contributed by atoms with Crippen molar-refractivity contribution in [2.75, 3.05) is 19.6 Å². The second-order valence-electron chi connectivity index (χ2n) is 5.64. The molecule has 2 fully saturated rings. The highest BCUT2D eigenvalue weighted by atomic mass is 16.5. The van der Waals surface area contributed by atoms with Crippen molar-refractivity contribution >= 4 is 17.7 Å². The van der Waals surface area contributed by atoms with Crippen LogP contribution in [-0.4, -0.2) is 63.2 Å². The zero-order valence-corrected chi connectivity index (χ0v) is 12.7. The molecule has 8 heteroatoms. The first-order valence-corrected chi connectivity index (χ1v) is 7.67. The molecule has 3 heterocycles. The molecule has 0 aliphatic carbocycles. The molecule has 0 N–H and O–H groups in total. The molecule has 0 spiro atoms. The number of ether oxygens (including phenoxy) is 1. The van der Waals surface area contributed by atoms with Gasteiger partial charge in [0.05, 0.1) is 6.54 Å². The summed E-state index contributed by atoms with van der Waals surface area (Å²) < 4.78 is 5.76. The van der Waals surface area contributed by atoms with Gasteiger partial charge in [-0.25, -0.2) is 9.97 Å². The minimum Gasteiger partial charge on any atom is -0.472 e. The van der Waals surface area contributed by atoms with Crippen LogP contribution in [0.4, 0.5) is 0 Å². The number of piperidine rings is 1.